The number of anilines is 1. The first-order valence-electron chi connectivity index (χ1n) is 22.8. The number of hydrogen-bond acceptors (Lipinski definition) is 13. The summed E-state index contributed by atoms with van der Waals surface area (Å²) in [5, 5.41) is 47.4. The Balaban J connectivity index is 1.06. The number of halogens is 1. The molecular weight excluding hydrogens is 880 g/mol. The summed E-state index contributed by atoms with van der Waals surface area (Å²) in [5.74, 6) is 0.464. The normalized spacial score (nSPS) is 13.3. The summed E-state index contributed by atoms with van der Waals surface area (Å²) in [5.41, 5.74) is 15.4. The van der Waals surface area contributed by atoms with Crippen molar-refractivity contribution in [2.75, 3.05) is 5.73 Å². The van der Waals surface area contributed by atoms with Crippen LogP contribution in [0.25, 0.3) is 83.9 Å². The van der Waals surface area contributed by atoms with Gasteiger partial charge in [-0.25, -0.2) is 4.39 Å². The fraction of sp³-hybridized carbons (Fsp3) is 0.204. The van der Waals surface area contributed by atoms with Crippen LogP contribution in [0.3, 0.4) is 0 Å². The molecule has 3 N–H and O–H groups in total. The Bertz CT molecular complexity index is 3870. The van der Waals surface area contributed by atoms with Gasteiger partial charge in [-0.2, -0.15) is 15.5 Å². The van der Waals surface area contributed by atoms with Crippen molar-refractivity contribution in [1.82, 2.24) is 49.1 Å². The summed E-state index contributed by atoms with van der Waals surface area (Å²) < 4.78 is 25.2. The van der Waals surface area contributed by atoms with Gasteiger partial charge < -0.3 is 15.6 Å². The van der Waals surface area contributed by atoms with Gasteiger partial charge in [0.2, 0.25) is 0 Å². The Hall–Kier alpha value is -9.02. The van der Waals surface area contributed by atoms with Crippen molar-refractivity contribution in [3.8, 4) is 46.0 Å². The zero-order valence-corrected chi connectivity index (χ0v) is 39.0. The van der Waals surface area contributed by atoms with Crippen LogP contribution in [0.15, 0.2) is 126 Å². The standard InChI is InChI=1S/C54H45FN14O/c1-6-8-9-40(58)39(55)21-31(7-2)36-20-37(49-44(23-36)69-48(28-62-49)65-66-50(69)32-10-15-38(16-11-32)53(3,4)29-56)25-54(5,30-57)46-19-14-35(26-61-46)51-67-64-47-27-60-41-17-12-33(22-43(41)68(47)51)34-13-18-42-45(24-34)70-52(59)63-42/h7,10-24,26-28,58H,6,8-9,25H2,1-5H3,(H2,59,63)/b31-7?,39-21+,58-40?. The summed E-state index contributed by atoms with van der Waals surface area (Å²) in [6, 6.07) is 31.9. The van der Waals surface area contributed by atoms with Crippen LogP contribution < -0.4 is 5.73 Å². The molecule has 4 aromatic carbocycles. The first-order chi connectivity index (χ1) is 33.8. The smallest absolute Gasteiger partial charge is 0.292 e. The third kappa shape index (κ3) is 7.94. The topological polar surface area (TPSA) is 223 Å². The summed E-state index contributed by atoms with van der Waals surface area (Å²) in [6.07, 6.45) is 10.3. The molecule has 0 amide bonds. The van der Waals surface area contributed by atoms with Crippen molar-refractivity contribution in [2.45, 2.75) is 71.1 Å². The predicted octanol–water partition coefficient (Wildman–Crippen LogP) is 11.3. The molecule has 10 rings (SSSR count). The highest BCUT2D eigenvalue weighted by Gasteiger charge is 2.31. The van der Waals surface area contributed by atoms with Crippen LogP contribution in [-0.2, 0) is 17.3 Å². The number of rotatable bonds is 13. The molecule has 0 fully saturated rings. The number of fused-ring (bicyclic) bond motifs is 7. The highest BCUT2D eigenvalue weighted by Crippen LogP contribution is 2.36. The molecule has 0 aliphatic heterocycles. The third-order valence-electron chi connectivity index (χ3n) is 12.9. The highest BCUT2D eigenvalue weighted by atomic mass is 19.1. The van der Waals surface area contributed by atoms with Gasteiger partial charge in [-0.1, -0.05) is 55.8 Å². The van der Waals surface area contributed by atoms with Crippen molar-refractivity contribution in [3.63, 3.8) is 0 Å². The van der Waals surface area contributed by atoms with E-state index >= 15 is 4.39 Å². The van der Waals surface area contributed by atoms with Gasteiger partial charge in [0.25, 0.3) is 6.01 Å². The Morgan fingerprint density at radius 2 is 1.44 bits per heavy atom. The van der Waals surface area contributed by atoms with E-state index in [1.807, 2.05) is 128 Å². The fourth-order valence-corrected chi connectivity index (χ4v) is 8.82. The largest absolute Gasteiger partial charge is 0.424 e. The molecule has 0 aliphatic rings. The van der Waals surface area contributed by atoms with Crippen molar-refractivity contribution in [3.05, 3.63) is 144 Å². The van der Waals surface area contributed by atoms with Crippen molar-refractivity contribution in [2.24, 2.45) is 0 Å². The fourth-order valence-electron chi connectivity index (χ4n) is 8.82. The lowest BCUT2D eigenvalue weighted by molar-refractivity contribution is 0.588. The van der Waals surface area contributed by atoms with Gasteiger partial charge in [-0.3, -0.25) is 23.8 Å². The molecule has 15 nitrogen and oxygen atoms in total. The zero-order chi connectivity index (χ0) is 48.9. The number of unbranched alkanes of at least 4 members (excludes halogenated alkanes) is 1. The number of benzene rings is 4. The van der Waals surface area contributed by atoms with E-state index in [0.717, 1.165) is 39.7 Å². The number of nitrogen functional groups attached to an aromatic ring is 1. The molecular formula is C54H45FN14O. The summed E-state index contributed by atoms with van der Waals surface area (Å²) in [6.45, 7) is 9.40. The van der Waals surface area contributed by atoms with E-state index in [4.69, 9.17) is 25.5 Å². The maximum Gasteiger partial charge on any atom is 0.292 e. The summed E-state index contributed by atoms with van der Waals surface area (Å²) in [7, 11) is 0. The molecule has 0 radical (unpaired) electrons. The highest BCUT2D eigenvalue weighted by molar-refractivity contribution is 5.99. The van der Waals surface area contributed by atoms with Crippen LogP contribution in [-0.4, -0.2) is 54.8 Å². The Kier molecular flexibility index (Phi) is 11.2. The second kappa shape index (κ2) is 17.6. The van der Waals surface area contributed by atoms with Gasteiger partial charge in [0, 0.05) is 17.3 Å². The number of allylic oxidation sites excluding steroid dienone is 4. The van der Waals surface area contributed by atoms with Gasteiger partial charge in [-0.05, 0) is 135 Å². The monoisotopic (exact) mass is 924 g/mol. The van der Waals surface area contributed by atoms with Crippen molar-refractivity contribution in [1.29, 1.82) is 15.9 Å². The molecule has 0 saturated heterocycles. The minimum Gasteiger partial charge on any atom is -0.424 e. The maximum absolute atomic E-state index is 15.7. The predicted molar refractivity (Wildman–Crippen MR) is 268 cm³/mol. The van der Waals surface area contributed by atoms with E-state index in [9.17, 15) is 10.5 Å². The lowest BCUT2D eigenvalue weighted by Crippen LogP contribution is -2.24. The molecule has 70 heavy (non-hydrogen) atoms. The Labute approximate surface area is 401 Å². The number of hydrogen-bond donors (Lipinski definition) is 2. The number of oxazole rings is 1. The van der Waals surface area contributed by atoms with Crippen LogP contribution in [0, 0.1) is 28.1 Å². The molecule has 1 unspecified atom stereocenters. The zero-order valence-electron chi connectivity index (χ0n) is 39.0. The number of aromatic nitrogens is 10. The van der Waals surface area contributed by atoms with Gasteiger partial charge in [-0.15, -0.1) is 20.4 Å². The van der Waals surface area contributed by atoms with E-state index in [1.165, 1.54) is 6.08 Å². The average Bonchev–Trinajstić information content (AvgIpc) is 4.13. The Morgan fingerprint density at radius 3 is 2.13 bits per heavy atom. The molecule has 0 saturated carbocycles. The Morgan fingerprint density at radius 1 is 0.771 bits per heavy atom. The SMILES string of the molecule is CC=C(/C=C(/F)C(=N)CCCC)c1cc(CC(C)(C#N)c2ccc(-c3nnc4cnc5ccc(-c6ccc7nc(N)oc7c6)cc5n34)cn2)c2ncc3nnc(-c4ccc(C(C)(C)C#N)cc4)n3c2c1. The average molecular weight is 925 g/mol. The number of pyridine rings is 1. The van der Waals surface area contributed by atoms with Gasteiger partial charge in [0.1, 0.15) is 16.8 Å². The maximum atomic E-state index is 15.7. The first kappa shape index (κ1) is 44.8. The number of nitrogens with two attached hydrogens (primary N) is 1. The van der Waals surface area contributed by atoms with E-state index < -0.39 is 16.7 Å². The van der Waals surface area contributed by atoms with Crippen LogP contribution >= 0.6 is 0 Å². The molecule has 6 aromatic heterocycles. The van der Waals surface area contributed by atoms with Crippen molar-refractivity contribution >= 4 is 61.8 Å². The summed E-state index contributed by atoms with van der Waals surface area (Å²) >= 11 is 0. The molecule has 344 valence electrons. The van der Waals surface area contributed by atoms with E-state index in [1.54, 1.807) is 24.7 Å². The van der Waals surface area contributed by atoms with Crippen LogP contribution in [0.2, 0.25) is 0 Å². The minimum atomic E-state index is -1.19. The lowest BCUT2D eigenvalue weighted by atomic mass is 9.80. The molecule has 1 atom stereocenters. The van der Waals surface area contributed by atoms with E-state index in [0.29, 0.717) is 85.9 Å². The van der Waals surface area contributed by atoms with Crippen LogP contribution in [0.1, 0.15) is 76.3 Å². The molecule has 0 spiro atoms. The molecule has 10 aromatic rings. The number of nitriles is 2. The molecule has 0 aliphatic carbocycles. The van der Waals surface area contributed by atoms with Crippen LogP contribution in [0.5, 0.6) is 0 Å². The molecule has 0 bridgehead atoms. The van der Waals surface area contributed by atoms with Gasteiger partial charge in [0.05, 0.1) is 63.4 Å². The molecule has 6 heterocycles. The first-order valence-corrected chi connectivity index (χ1v) is 22.8. The second-order valence-corrected chi connectivity index (χ2v) is 18.1. The lowest BCUT2D eigenvalue weighted by Gasteiger charge is -2.23. The molecule has 16 heteroatoms. The van der Waals surface area contributed by atoms with Gasteiger partial charge in [0.15, 0.2) is 28.5 Å². The summed E-state index contributed by atoms with van der Waals surface area (Å²) in [4.78, 5) is 18.7. The minimum absolute atomic E-state index is 0.0664. The number of nitrogens with one attached hydrogen (secondary N) is 1. The van der Waals surface area contributed by atoms with E-state index in [-0.39, 0.29) is 18.1 Å². The quantitative estimate of drug-likeness (QED) is 0.0814. The van der Waals surface area contributed by atoms with Crippen molar-refractivity contribution < 1.29 is 8.81 Å². The van der Waals surface area contributed by atoms with Crippen LogP contribution in [0.4, 0.5) is 10.4 Å². The number of nitrogens with zero attached hydrogens (tertiary/aromatic N) is 12. The van der Waals surface area contributed by atoms with Gasteiger partial charge >= 0.3 is 0 Å². The third-order valence-corrected chi connectivity index (χ3v) is 12.9. The second-order valence-electron chi connectivity index (χ2n) is 18.1. The van der Waals surface area contributed by atoms with E-state index in [2.05, 4.69) is 42.5 Å².